The number of amides is 2. The fraction of sp³-hybridized carbons (Fsp3) is 0.316. The van der Waals surface area contributed by atoms with Crippen molar-refractivity contribution >= 4 is 29.1 Å². The Balaban J connectivity index is 1.79. The van der Waals surface area contributed by atoms with E-state index in [2.05, 4.69) is 10.3 Å². The second kappa shape index (κ2) is 7.33. The lowest BCUT2D eigenvalue weighted by atomic mass is 10.1. The summed E-state index contributed by atoms with van der Waals surface area (Å²) in [5.41, 5.74) is 2.86. The summed E-state index contributed by atoms with van der Waals surface area (Å²) in [7, 11) is 0. The number of rotatable bonds is 4. The molecule has 0 bridgehead atoms. The summed E-state index contributed by atoms with van der Waals surface area (Å²) in [5, 5.41) is 3.19. The van der Waals surface area contributed by atoms with Crippen LogP contribution in [0.25, 0.3) is 0 Å². The monoisotopic (exact) mass is 373 g/mol. The average molecular weight is 374 g/mol. The van der Waals surface area contributed by atoms with Gasteiger partial charge in [0.1, 0.15) is 0 Å². The van der Waals surface area contributed by atoms with E-state index < -0.39 is 0 Å². The number of carbonyl (C=O) groups excluding carboxylic acids is 2. The first kappa shape index (κ1) is 18.2. The molecule has 7 heteroatoms. The minimum Gasteiger partial charge on any atom is -0.348 e. The predicted octanol–water partition coefficient (Wildman–Crippen LogP) is 2.70. The van der Waals surface area contributed by atoms with Crippen LogP contribution in [0.1, 0.15) is 40.0 Å². The summed E-state index contributed by atoms with van der Waals surface area (Å²) in [4.78, 5) is 40.8. The maximum Gasteiger partial charge on any atom is 0.253 e. The second-order valence-electron chi connectivity index (χ2n) is 6.44. The number of hydrogen-bond donors (Lipinski definition) is 2. The van der Waals surface area contributed by atoms with Gasteiger partial charge in [-0.25, -0.2) is 0 Å². The van der Waals surface area contributed by atoms with Gasteiger partial charge in [0, 0.05) is 36.3 Å². The Morgan fingerprint density at radius 2 is 2.04 bits per heavy atom. The van der Waals surface area contributed by atoms with Crippen molar-refractivity contribution in [2.24, 2.45) is 0 Å². The maximum absolute atomic E-state index is 12.5. The van der Waals surface area contributed by atoms with Crippen LogP contribution >= 0.6 is 11.6 Å². The van der Waals surface area contributed by atoms with Crippen LogP contribution in [-0.2, 0) is 11.3 Å². The molecule has 0 radical (unpaired) electrons. The first-order valence-corrected chi connectivity index (χ1v) is 8.82. The number of pyridine rings is 1. The molecular weight excluding hydrogens is 354 g/mol. The number of nitrogens with one attached hydrogen (secondary N) is 2. The molecule has 6 nitrogen and oxygen atoms in total. The molecule has 1 aromatic carbocycles. The maximum atomic E-state index is 12.5. The number of hydrogen-bond acceptors (Lipinski definition) is 3. The van der Waals surface area contributed by atoms with Crippen molar-refractivity contribution in [1.29, 1.82) is 0 Å². The van der Waals surface area contributed by atoms with Crippen molar-refractivity contribution in [3.05, 3.63) is 62.0 Å². The summed E-state index contributed by atoms with van der Waals surface area (Å²) in [6.45, 7) is 4.37. The largest absolute Gasteiger partial charge is 0.348 e. The predicted molar refractivity (Wildman–Crippen MR) is 101 cm³/mol. The van der Waals surface area contributed by atoms with Gasteiger partial charge in [-0.05, 0) is 50.1 Å². The summed E-state index contributed by atoms with van der Waals surface area (Å²) in [6, 6.07) is 6.70. The smallest absolute Gasteiger partial charge is 0.253 e. The van der Waals surface area contributed by atoms with Crippen LogP contribution in [0.5, 0.6) is 0 Å². The van der Waals surface area contributed by atoms with E-state index >= 15 is 0 Å². The van der Waals surface area contributed by atoms with Crippen molar-refractivity contribution in [3.8, 4) is 0 Å². The van der Waals surface area contributed by atoms with Crippen LogP contribution in [0.3, 0.4) is 0 Å². The van der Waals surface area contributed by atoms with Crippen LogP contribution < -0.4 is 15.8 Å². The zero-order chi connectivity index (χ0) is 18.8. The fourth-order valence-electron chi connectivity index (χ4n) is 3.14. The zero-order valence-electron chi connectivity index (χ0n) is 14.7. The van der Waals surface area contributed by atoms with E-state index in [4.69, 9.17) is 11.6 Å². The molecule has 1 aliphatic heterocycles. The molecule has 1 fully saturated rings. The van der Waals surface area contributed by atoms with Crippen LogP contribution in [-0.4, -0.2) is 23.3 Å². The number of carbonyl (C=O) groups is 2. The zero-order valence-corrected chi connectivity index (χ0v) is 15.4. The highest BCUT2D eigenvalue weighted by atomic mass is 35.5. The highest BCUT2D eigenvalue weighted by Gasteiger charge is 2.24. The fourth-order valence-corrected chi connectivity index (χ4v) is 3.36. The van der Waals surface area contributed by atoms with E-state index in [0.717, 1.165) is 17.7 Å². The summed E-state index contributed by atoms with van der Waals surface area (Å²) in [6.07, 6.45) is 1.27. The van der Waals surface area contributed by atoms with E-state index in [9.17, 15) is 14.4 Å². The molecule has 136 valence electrons. The SMILES string of the molecule is Cc1cc(C)c(CNC(=O)c2ccc(Cl)c(N3CCCC3=O)c2)c(=O)[nH]1. The second-order valence-corrected chi connectivity index (χ2v) is 6.85. The third kappa shape index (κ3) is 3.65. The first-order valence-electron chi connectivity index (χ1n) is 8.44. The molecule has 0 atom stereocenters. The van der Waals surface area contributed by atoms with Gasteiger partial charge >= 0.3 is 0 Å². The van der Waals surface area contributed by atoms with E-state index in [1.54, 1.807) is 23.1 Å². The average Bonchev–Trinajstić information content (AvgIpc) is 3.00. The van der Waals surface area contributed by atoms with Gasteiger partial charge in [0.25, 0.3) is 11.5 Å². The molecule has 2 aromatic rings. The minimum absolute atomic E-state index is 0.00581. The Kier molecular flexibility index (Phi) is 5.13. The lowest BCUT2D eigenvalue weighted by molar-refractivity contribution is -0.117. The third-order valence-electron chi connectivity index (χ3n) is 4.49. The van der Waals surface area contributed by atoms with Crippen LogP contribution in [0.15, 0.2) is 29.1 Å². The highest BCUT2D eigenvalue weighted by molar-refractivity contribution is 6.34. The molecule has 2 amide bonds. The Morgan fingerprint density at radius 3 is 2.69 bits per heavy atom. The number of halogens is 1. The molecular formula is C19H20ClN3O3. The van der Waals surface area contributed by atoms with Gasteiger partial charge in [-0.15, -0.1) is 0 Å². The van der Waals surface area contributed by atoms with Gasteiger partial charge in [0.15, 0.2) is 0 Å². The van der Waals surface area contributed by atoms with Gasteiger partial charge in [0.2, 0.25) is 5.91 Å². The summed E-state index contributed by atoms with van der Waals surface area (Å²) < 4.78 is 0. The molecule has 1 aromatic heterocycles. The van der Waals surface area contributed by atoms with Gasteiger partial charge in [-0.3, -0.25) is 14.4 Å². The number of aromatic amines is 1. The normalized spacial score (nSPS) is 14.0. The molecule has 2 N–H and O–H groups in total. The Hall–Kier alpha value is -2.60. The first-order chi connectivity index (χ1) is 12.4. The minimum atomic E-state index is -0.325. The van der Waals surface area contributed by atoms with Crippen LogP contribution in [0, 0.1) is 13.8 Å². The summed E-state index contributed by atoms with van der Waals surface area (Å²) >= 11 is 6.20. The molecule has 26 heavy (non-hydrogen) atoms. The topological polar surface area (TPSA) is 82.3 Å². The van der Waals surface area contributed by atoms with Gasteiger partial charge in [-0.2, -0.15) is 0 Å². The summed E-state index contributed by atoms with van der Waals surface area (Å²) in [5.74, 6) is -0.319. The van der Waals surface area contributed by atoms with Gasteiger partial charge in [0.05, 0.1) is 10.7 Å². The number of nitrogens with zero attached hydrogens (tertiary/aromatic N) is 1. The number of H-pyrrole nitrogens is 1. The van der Waals surface area contributed by atoms with Crippen molar-refractivity contribution in [2.75, 3.05) is 11.4 Å². The Morgan fingerprint density at radius 1 is 1.27 bits per heavy atom. The van der Waals surface area contributed by atoms with Crippen molar-refractivity contribution in [1.82, 2.24) is 10.3 Å². The molecule has 3 rings (SSSR count). The van der Waals surface area contributed by atoms with E-state index in [-0.39, 0.29) is 23.9 Å². The van der Waals surface area contributed by atoms with Crippen LogP contribution in [0.4, 0.5) is 5.69 Å². The van der Waals surface area contributed by atoms with Crippen LogP contribution in [0.2, 0.25) is 5.02 Å². The number of aromatic nitrogens is 1. The molecule has 0 aliphatic carbocycles. The lowest BCUT2D eigenvalue weighted by Crippen LogP contribution is -2.28. The van der Waals surface area contributed by atoms with Crippen molar-refractivity contribution < 1.29 is 9.59 Å². The molecule has 0 unspecified atom stereocenters. The van der Waals surface area contributed by atoms with E-state index in [0.29, 0.717) is 34.8 Å². The van der Waals surface area contributed by atoms with E-state index in [1.165, 1.54) is 0 Å². The lowest BCUT2D eigenvalue weighted by Gasteiger charge is -2.18. The molecule has 1 saturated heterocycles. The van der Waals surface area contributed by atoms with Gasteiger partial charge < -0.3 is 15.2 Å². The number of aryl methyl sites for hydroxylation is 2. The molecule has 2 heterocycles. The van der Waals surface area contributed by atoms with Gasteiger partial charge in [-0.1, -0.05) is 11.6 Å². The molecule has 0 spiro atoms. The molecule has 1 aliphatic rings. The molecule has 0 saturated carbocycles. The Bertz CT molecular complexity index is 936. The van der Waals surface area contributed by atoms with Crippen molar-refractivity contribution in [3.63, 3.8) is 0 Å². The quantitative estimate of drug-likeness (QED) is 0.864. The van der Waals surface area contributed by atoms with E-state index in [1.807, 2.05) is 19.9 Å². The number of benzene rings is 1. The Labute approximate surface area is 156 Å². The highest BCUT2D eigenvalue weighted by Crippen LogP contribution is 2.30. The standard InChI is InChI=1S/C19H20ClN3O3/c1-11-8-12(2)22-19(26)14(11)10-21-18(25)13-5-6-15(20)16(9-13)23-7-3-4-17(23)24/h5-6,8-9H,3-4,7,10H2,1-2H3,(H,21,25)(H,22,26). The number of anilines is 1. The van der Waals surface area contributed by atoms with Crippen molar-refractivity contribution in [2.45, 2.75) is 33.2 Å². The third-order valence-corrected chi connectivity index (χ3v) is 4.81.